The van der Waals surface area contributed by atoms with Gasteiger partial charge in [-0.15, -0.1) is 0 Å². The van der Waals surface area contributed by atoms with Crippen molar-refractivity contribution in [3.63, 3.8) is 0 Å². The zero-order valence-electron chi connectivity index (χ0n) is 33.5. The van der Waals surface area contributed by atoms with Crippen molar-refractivity contribution in [1.29, 1.82) is 0 Å². The summed E-state index contributed by atoms with van der Waals surface area (Å²) >= 11 is 0. The van der Waals surface area contributed by atoms with E-state index in [1.165, 1.54) is 6.92 Å². The molecule has 5 amide bonds. The maximum atomic E-state index is 14.1. The summed E-state index contributed by atoms with van der Waals surface area (Å²) in [5.41, 5.74) is 19.0. The van der Waals surface area contributed by atoms with E-state index in [2.05, 4.69) is 36.6 Å². The molecule has 3 aromatic rings. The molecule has 0 fully saturated rings. The topological polar surface area (TPSA) is 309 Å². The Labute approximate surface area is 337 Å². The number of aliphatic imine (C=N–C) groups is 1. The lowest BCUT2D eigenvalue weighted by Crippen LogP contribution is -2.62. The highest BCUT2D eigenvalue weighted by atomic mass is 16.4. The van der Waals surface area contributed by atoms with Gasteiger partial charge in [-0.25, -0.2) is 4.79 Å². The van der Waals surface area contributed by atoms with Crippen LogP contribution in [0.5, 0.6) is 0 Å². The molecule has 0 aliphatic rings. The average Bonchev–Trinajstić information content (AvgIpc) is 3.58. The summed E-state index contributed by atoms with van der Waals surface area (Å²) in [7, 11) is 0. The first-order chi connectivity index (χ1) is 27.4. The number of nitrogens with two attached hydrogens (primary N) is 3. The van der Waals surface area contributed by atoms with Gasteiger partial charge in [0.1, 0.15) is 30.2 Å². The molecular weight excluding hydrogens is 749 g/mol. The molecule has 0 aliphatic heterocycles. The predicted octanol–water partition coefficient (Wildman–Crippen LogP) is -0.465. The number of amides is 5. The van der Waals surface area contributed by atoms with E-state index in [1.54, 1.807) is 64.2 Å². The second-order valence-electron chi connectivity index (χ2n) is 15.0. The molecule has 0 radical (unpaired) electrons. The SMILES string of the molecule is CC(C)[C@H](N)C(=O)N[C@H](C(=O)N[C@H](C(=O)N[C@@H](CCCN=C(N)N)C(=O)N[C@@H](Cc1ccccc1)C(=O)N[C@@H](Cc1c[nH]c2ccccc12)C(=O)O)C(C)C)[C@@H](C)O. The third-order valence-corrected chi connectivity index (χ3v) is 9.54. The molecule has 14 N–H and O–H groups in total. The van der Waals surface area contributed by atoms with Gasteiger partial charge in [0.05, 0.1) is 12.1 Å². The molecule has 18 heteroatoms. The summed E-state index contributed by atoms with van der Waals surface area (Å²) in [6, 6.07) is 8.53. The number of aromatic amines is 1. The number of carbonyl (C=O) groups excluding carboxylic acids is 5. The fourth-order valence-corrected chi connectivity index (χ4v) is 6.09. The third kappa shape index (κ3) is 13.9. The van der Waals surface area contributed by atoms with Gasteiger partial charge in [0, 0.05) is 36.5 Å². The van der Waals surface area contributed by atoms with Gasteiger partial charge in [-0.3, -0.25) is 29.0 Å². The summed E-state index contributed by atoms with van der Waals surface area (Å²) in [5, 5.41) is 34.3. The number of guanidine groups is 1. The fraction of sp³-hybridized carbons (Fsp3) is 0.475. The number of carboxylic acids is 1. The van der Waals surface area contributed by atoms with E-state index in [9.17, 15) is 39.0 Å². The number of fused-ring (bicyclic) bond motifs is 1. The number of hydrogen-bond donors (Lipinski definition) is 11. The summed E-state index contributed by atoms with van der Waals surface area (Å²) < 4.78 is 0. The van der Waals surface area contributed by atoms with Crippen LogP contribution < -0.4 is 43.8 Å². The number of hydrogen-bond acceptors (Lipinski definition) is 9. The van der Waals surface area contributed by atoms with Crippen LogP contribution >= 0.6 is 0 Å². The van der Waals surface area contributed by atoms with E-state index < -0.39 is 83.8 Å². The van der Waals surface area contributed by atoms with Gasteiger partial charge in [0.25, 0.3) is 0 Å². The fourth-order valence-electron chi connectivity index (χ4n) is 6.09. The molecule has 1 aromatic heterocycles. The molecule has 316 valence electrons. The molecule has 1 heterocycles. The number of rotatable bonds is 22. The van der Waals surface area contributed by atoms with Crippen molar-refractivity contribution in [2.75, 3.05) is 6.54 Å². The van der Waals surface area contributed by atoms with E-state index in [0.717, 1.165) is 10.9 Å². The van der Waals surface area contributed by atoms with E-state index in [0.29, 0.717) is 11.1 Å². The van der Waals surface area contributed by atoms with Crippen LogP contribution in [0.2, 0.25) is 0 Å². The highest BCUT2D eigenvalue weighted by Gasteiger charge is 2.35. The first-order valence-corrected chi connectivity index (χ1v) is 19.2. The maximum absolute atomic E-state index is 14.1. The van der Waals surface area contributed by atoms with Crippen molar-refractivity contribution >= 4 is 52.4 Å². The number of nitrogens with zero attached hydrogens (tertiary/aromatic N) is 1. The minimum atomic E-state index is -1.45. The van der Waals surface area contributed by atoms with E-state index in [1.807, 2.05) is 24.3 Å². The smallest absolute Gasteiger partial charge is 0.326 e. The molecule has 0 aliphatic carbocycles. The Balaban J connectivity index is 1.87. The van der Waals surface area contributed by atoms with Gasteiger partial charge in [0.2, 0.25) is 29.5 Å². The molecule has 0 unspecified atom stereocenters. The summed E-state index contributed by atoms with van der Waals surface area (Å²) in [6.45, 7) is 8.15. The van der Waals surface area contributed by atoms with E-state index in [4.69, 9.17) is 17.2 Å². The molecule has 2 aromatic carbocycles. The molecule has 0 saturated carbocycles. The summed E-state index contributed by atoms with van der Waals surface area (Å²) in [5.74, 6) is -6.11. The van der Waals surface area contributed by atoms with Crippen LogP contribution in [-0.2, 0) is 41.6 Å². The number of H-pyrrole nitrogens is 1. The van der Waals surface area contributed by atoms with Crippen molar-refractivity contribution in [2.45, 2.75) is 103 Å². The number of aromatic nitrogens is 1. The Morgan fingerprint density at radius 2 is 1.26 bits per heavy atom. The third-order valence-electron chi connectivity index (χ3n) is 9.54. The van der Waals surface area contributed by atoms with Crippen LogP contribution in [0.15, 0.2) is 65.8 Å². The van der Waals surface area contributed by atoms with Crippen LogP contribution in [0, 0.1) is 11.8 Å². The zero-order valence-corrected chi connectivity index (χ0v) is 33.5. The molecular formula is C40H58N10O8. The van der Waals surface area contributed by atoms with E-state index in [-0.39, 0.29) is 44.1 Å². The lowest BCUT2D eigenvalue weighted by atomic mass is 10.00. The minimum Gasteiger partial charge on any atom is -0.480 e. The van der Waals surface area contributed by atoms with Gasteiger partial charge in [-0.2, -0.15) is 0 Å². The summed E-state index contributed by atoms with van der Waals surface area (Å²) in [6.07, 6.45) is 0.454. The van der Waals surface area contributed by atoms with Crippen molar-refractivity contribution in [3.8, 4) is 0 Å². The quantitative estimate of drug-likeness (QED) is 0.0351. The number of carboxylic acid groups (broad SMARTS) is 1. The predicted molar refractivity (Wildman–Crippen MR) is 219 cm³/mol. The van der Waals surface area contributed by atoms with Crippen LogP contribution in [-0.4, -0.2) is 106 Å². The number of carbonyl (C=O) groups is 6. The van der Waals surface area contributed by atoms with Gasteiger partial charge in [-0.05, 0) is 48.8 Å². The molecule has 58 heavy (non-hydrogen) atoms. The van der Waals surface area contributed by atoms with Crippen molar-refractivity contribution in [1.82, 2.24) is 31.6 Å². The largest absolute Gasteiger partial charge is 0.480 e. The van der Waals surface area contributed by atoms with E-state index >= 15 is 0 Å². The van der Waals surface area contributed by atoms with Crippen molar-refractivity contribution in [2.24, 2.45) is 34.0 Å². The Morgan fingerprint density at radius 3 is 1.86 bits per heavy atom. The van der Waals surface area contributed by atoms with Crippen LogP contribution in [0.25, 0.3) is 10.9 Å². The first-order valence-electron chi connectivity index (χ1n) is 19.2. The number of aliphatic hydroxyl groups excluding tert-OH is 1. The Morgan fingerprint density at radius 1 is 0.690 bits per heavy atom. The molecule has 7 atom stereocenters. The molecule has 3 rings (SSSR count). The van der Waals surface area contributed by atoms with Gasteiger partial charge in [0.15, 0.2) is 5.96 Å². The first kappa shape index (κ1) is 46.4. The molecule has 0 spiro atoms. The van der Waals surface area contributed by atoms with Crippen LogP contribution in [0.4, 0.5) is 0 Å². The average molecular weight is 807 g/mol. The number of benzene rings is 2. The molecule has 0 bridgehead atoms. The number of aliphatic hydroxyl groups is 1. The van der Waals surface area contributed by atoms with Crippen LogP contribution in [0.3, 0.4) is 0 Å². The Bertz CT molecular complexity index is 1890. The normalized spacial score (nSPS) is 14.9. The molecule has 18 nitrogen and oxygen atoms in total. The van der Waals surface area contributed by atoms with Gasteiger partial charge >= 0.3 is 5.97 Å². The van der Waals surface area contributed by atoms with Crippen molar-refractivity contribution < 1.29 is 39.0 Å². The number of nitrogens with one attached hydrogen (secondary N) is 6. The van der Waals surface area contributed by atoms with Gasteiger partial charge < -0.3 is 59.0 Å². The Kier molecular flexibility index (Phi) is 17.6. The maximum Gasteiger partial charge on any atom is 0.326 e. The number of aliphatic carboxylic acids is 1. The van der Waals surface area contributed by atoms with Crippen LogP contribution in [0.1, 0.15) is 58.6 Å². The Hall–Kier alpha value is -6.01. The lowest BCUT2D eigenvalue weighted by Gasteiger charge is -2.29. The summed E-state index contributed by atoms with van der Waals surface area (Å²) in [4.78, 5) is 87.5. The van der Waals surface area contributed by atoms with Gasteiger partial charge in [-0.1, -0.05) is 76.2 Å². The standard InChI is InChI=1S/C40H58N10O8/c1-21(2)31(41)36(54)50-33(23(5)51)38(56)49-32(22(3)4)37(55)46-28(16-11-17-44-40(42)43)34(52)47-29(18-24-12-7-6-8-13-24)35(53)48-30(39(57)58)19-25-20-45-27-15-10-9-14-26(25)27/h6-10,12-15,20-23,28-33,45,51H,11,16-19,41H2,1-5H3,(H,46,55)(H,47,52)(H,48,53)(H,49,56)(H,50,54)(H,57,58)(H4,42,43,44)/t23-,28+,29+,30+,31+,32+,33+/m1/s1. The monoisotopic (exact) mass is 806 g/mol. The number of para-hydroxylation sites is 1. The zero-order chi connectivity index (χ0) is 43.1. The lowest BCUT2D eigenvalue weighted by molar-refractivity contribution is -0.142. The highest BCUT2D eigenvalue weighted by molar-refractivity contribution is 5.97. The minimum absolute atomic E-state index is 0.00937. The van der Waals surface area contributed by atoms with Crippen molar-refractivity contribution in [3.05, 3.63) is 71.9 Å². The second kappa shape index (κ2) is 22.1. The highest BCUT2D eigenvalue weighted by Crippen LogP contribution is 2.19. The molecule has 0 saturated heterocycles. The second-order valence-corrected chi connectivity index (χ2v) is 15.0.